The first-order valence-electron chi connectivity index (χ1n) is 6.01. The predicted molar refractivity (Wildman–Crippen MR) is 71.2 cm³/mol. The average molecular weight is 275 g/mol. The molecule has 0 aliphatic carbocycles. The van der Waals surface area contributed by atoms with E-state index in [4.69, 9.17) is 5.73 Å². The minimum absolute atomic E-state index is 0.115. The first-order valence-corrected chi connectivity index (χ1v) is 6.01. The molecule has 0 spiro atoms. The number of halogens is 3. The molecule has 19 heavy (non-hydrogen) atoms. The summed E-state index contributed by atoms with van der Waals surface area (Å²) >= 11 is 0. The van der Waals surface area contributed by atoms with Crippen molar-refractivity contribution in [2.75, 3.05) is 39.1 Å². The van der Waals surface area contributed by atoms with E-state index >= 15 is 0 Å². The second kappa shape index (κ2) is 6.25. The number of hydrogen-bond donors (Lipinski definition) is 1. The molecule has 0 aliphatic rings. The zero-order valence-corrected chi connectivity index (χ0v) is 11.5. The monoisotopic (exact) mass is 275 g/mol. The van der Waals surface area contributed by atoms with E-state index in [-0.39, 0.29) is 12.1 Å². The highest BCUT2D eigenvalue weighted by atomic mass is 19.4. The van der Waals surface area contributed by atoms with Gasteiger partial charge in [0.15, 0.2) is 0 Å². The topological polar surface area (TPSA) is 32.5 Å². The summed E-state index contributed by atoms with van der Waals surface area (Å²) < 4.78 is 38.7. The number of anilines is 1. The maximum Gasteiger partial charge on any atom is 0.416 e. The zero-order chi connectivity index (χ0) is 14.6. The van der Waals surface area contributed by atoms with Gasteiger partial charge in [0.25, 0.3) is 0 Å². The summed E-state index contributed by atoms with van der Waals surface area (Å²) in [5.41, 5.74) is 5.37. The van der Waals surface area contributed by atoms with Gasteiger partial charge >= 0.3 is 6.18 Å². The van der Waals surface area contributed by atoms with E-state index in [1.807, 2.05) is 19.0 Å². The Bertz CT molecular complexity index is 416. The molecule has 0 amide bonds. The minimum Gasteiger partial charge on any atom is -0.373 e. The Kier molecular flexibility index (Phi) is 5.20. The van der Waals surface area contributed by atoms with E-state index in [1.54, 1.807) is 18.0 Å². The Morgan fingerprint density at radius 3 is 2.21 bits per heavy atom. The number of hydrogen-bond acceptors (Lipinski definition) is 3. The van der Waals surface area contributed by atoms with Gasteiger partial charge in [-0.15, -0.1) is 0 Å². The molecular weight excluding hydrogens is 255 g/mol. The van der Waals surface area contributed by atoms with Crippen molar-refractivity contribution in [1.29, 1.82) is 0 Å². The van der Waals surface area contributed by atoms with Crippen LogP contribution < -0.4 is 10.6 Å². The van der Waals surface area contributed by atoms with Crippen LogP contribution in [-0.4, -0.2) is 39.1 Å². The number of likely N-dealkylation sites (N-methyl/N-ethyl adjacent to an activating group) is 2. The second-order valence-corrected chi connectivity index (χ2v) is 4.77. The van der Waals surface area contributed by atoms with Crippen LogP contribution in [0.3, 0.4) is 0 Å². The van der Waals surface area contributed by atoms with Crippen LogP contribution in [-0.2, 0) is 12.7 Å². The fraction of sp³-hybridized carbons (Fsp3) is 0.538. The number of rotatable bonds is 5. The molecular formula is C13H20F3N3. The summed E-state index contributed by atoms with van der Waals surface area (Å²) in [7, 11) is 5.63. The highest BCUT2D eigenvalue weighted by Crippen LogP contribution is 2.34. The molecule has 2 N–H and O–H groups in total. The summed E-state index contributed by atoms with van der Waals surface area (Å²) in [5, 5.41) is 0. The molecule has 0 heterocycles. The van der Waals surface area contributed by atoms with Gasteiger partial charge in [0.1, 0.15) is 0 Å². The number of alkyl halides is 3. The van der Waals surface area contributed by atoms with Crippen LogP contribution in [0.15, 0.2) is 18.2 Å². The van der Waals surface area contributed by atoms with Gasteiger partial charge in [-0.05, 0) is 31.8 Å². The van der Waals surface area contributed by atoms with Crippen molar-refractivity contribution in [1.82, 2.24) is 4.90 Å². The van der Waals surface area contributed by atoms with E-state index in [9.17, 15) is 13.2 Å². The van der Waals surface area contributed by atoms with Gasteiger partial charge in [0.05, 0.1) is 5.56 Å². The summed E-state index contributed by atoms with van der Waals surface area (Å²) in [6.45, 7) is 1.32. The lowest BCUT2D eigenvalue weighted by molar-refractivity contribution is -0.138. The molecule has 1 aromatic rings. The van der Waals surface area contributed by atoms with Gasteiger partial charge in [-0.3, -0.25) is 0 Å². The molecule has 1 rings (SSSR count). The third-order valence-electron chi connectivity index (χ3n) is 2.94. The zero-order valence-electron chi connectivity index (χ0n) is 11.5. The molecule has 0 aliphatic heterocycles. The largest absolute Gasteiger partial charge is 0.416 e. The molecule has 0 unspecified atom stereocenters. The molecule has 108 valence electrons. The third-order valence-corrected chi connectivity index (χ3v) is 2.94. The summed E-state index contributed by atoms with van der Waals surface area (Å²) in [4.78, 5) is 3.78. The van der Waals surface area contributed by atoms with E-state index in [0.717, 1.165) is 12.6 Å². The molecule has 0 saturated heterocycles. The highest BCUT2D eigenvalue weighted by molar-refractivity contribution is 5.51. The van der Waals surface area contributed by atoms with Crippen LogP contribution in [0, 0.1) is 0 Å². The SMILES string of the molecule is CN(C)CCN(C)c1ccc(CN)c(C(F)(F)F)c1. The first kappa shape index (κ1) is 15.8. The molecule has 0 fully saturated rings. The van der Waals surface area contributed by atoms with Crippen LogP contribution in [0.2, 0.25) is 0 Å². The maximum absolute atomic E-state index is 12.9. The van der Waals surface area contributed by atoms with Gasteiger partial charge < -0.3 is 15.5 Å². The van der Waals surface area contributed by atoms with Crippen molar-refractivity contribution in [3.63, 3.8) is 0 Å². The molecule has 1 aromatic carbocycles. The van der Waals surface area contributed by atoms with Crippen molar-refractivity contribution in [3.8, 4) is 0 Å². The van der Waals surface area contributed by atoms with Gasteiger partial charge in [-0.25, -0.2) is 0 Å². The van der Waals surface area contributed by atoms with Crippen LogP contribution >= 0.6 is 0 Å². The van der Waals surface area contributed by atoms with Crippen LogP contribution in [0.5, 0.6) is 0 Å². The van der Waals surface area contributed by atoms with Gasteiger partial charge in [0, 0.05) is 32.4 Å². The fourth-order valence-electron chi connectivity index (χ4n) is 1.72. The summed E-state index contributed by atoms with van der Waals surface area (Å²) in [6, 6.07) is 4.29. The van der Waals surface area contributed by atoms with E-state index in [0.29, 0.717) is 12.2 Å². The van der Waals surface area contributed by atoms with Crippen molar-refractivity contribution in [2.45, 2.75) is 12.7 Å². The van der Waals surface area contributed by atoms with Gasteiger partial charge in [-0.2, -0.15) is 13.2 Å². The first-order chi connectivity index (χ1) is 8.75. The Morgan fingerprint density at radius 1 is 1.11 bits per heavy atom. The summed E-state index contributed by atoms with van der Waals surface area (Å²) in [5.74, 6) is 0. The standard InChI is InChI=1S/C13H20F3N3/c1-18(2)6-7-19(3)11-5-4-10(9-17)12(8-11)13(14,15)16/h4-5,8H,6-7,9,17H2,1-3H3. The Labute approximate surface area is 111 Å². The molecule has 6 heteroatoms. The smallest absolute Gasteiger partial charge is 0.373 e. The van der Waals surface area contributed by atoms with Crippen LogP contribution in [0.25, 0.3) is 0 Å². The van der Waals surface area contributed by atoms with Crippen LogP contribution in [0.1, 0.15) is 11.1 Å². The lowest BCUT2D eigenvalue weighted by Gasteiger charge is -2.23. The van der Waals surface area contributed by atoms with Crippen molar-refractivity contribution >= 4 is 5.69 Å². The Balaban J connectivity index is 2.98. The molecule has 0 aromatic heterocycles. The Morgan fingerprint density at radius 2 is 1.74 bits per heavy atom. The summed E-state index contributed by atoms with van der Waals surface area (Å²) in [6.07, 6.45) is -4.37. The average Bonchev–Trinajstić information content (AvgIpc) is 2.34. The number of nitrogens with zero attached hydrogens (tertiary/aromatic N) is 2. The minimum atomic E-state index is -4.37. The van der Waals surface area contributed by atoms with Gasteiger partial charge in [0.2, 0.25) is 0 Å². The molecule has 3 nitrogen and oxygen atoms in total. The normalized spacial score (nSPS) is 12.0. The number of benzene rings is 1. The van der Waals surface area contributed by atoms with Crippen molar-refractivity contribution < 1.29 is 13.2 Å². The van der Waals surface area contributed by atoms with Crippen molar-refractivity contribution in [3.05, 3.63) is 29.3 Å². The highest BCUT2D eigenvalue weighted by Gasteiger charge is 2.33. The lowest BCUT2D eigenvalue weighted by Crippen LogP contribution is -2.28. The van der Waals surface area contributed by atoms with E-state index in [2.05, 4.69) is 0 Å². The quantitative estimate of drug-likeness (QED) is 0.894. The fourth-order valence-corrected chi connectivity index (χ4v) is 1.72. The molecule has 0 saturated carbocycles. The van der Waals surface area contributed by atoms with Crippen molar-refractivity contribution in [2.24, 2.45) is 5.73 Å². The van der Waals surface area contributed by atoms with E-state index < -0.39 is 11.7 Å². The lowest BCUT2D eigenvalue weighted by atomic mass is 10.1. The van der Waals surface area contributed by atoms with E-state index in [1.165, 1.54) is 6.07 Å². The van der Waals surface area contributed by atoms with Crippen LogP contribution in [0.4, 0.5) is 18.9 Å². The second-order valence-electron chi connectivity index (χ2n) is 4.77. The Hall–Kier alpha value is -1.27. The molecule has 0 atom stereocenters. The number of nitrogens with two attached hydrogens (primary N) is 1. The molecule has 0 bridgehead atoms. The maximum atomic E-state index is 12.9. The third kappa shape index (κ3) is 4.40. The molecule has 0 radical (unpaired) electrons. The predicted octanol–water partition coefficient (Wildman–Crippen LogP) is 2.16. The van der Waals surface area contributed by atoms with Gasteiger partial charge in [-0.1, -0.05) is 6.07 Å².